The Balaban J connectivity index is 1.59. The van der Waals surface area contributed by atoms with Crippen molar-refractivity contribution < 1.29 is 36.5 Å². The third kappa shape index (κ3) is 6.01. The Labute approximate surface area is 185 Å². The van der Waals surface area contributed by atoms with E-state index in [0.717, 1.165) is 11.8 Å². The van der Waals surface area contributed by atoms with E-state index in [9.17, 15) is 18.3 Å². The minimum atomic E-state index is -3.59. The number of hydrogen-bond acceptors (Lipinski definition) is 8. The summed E-state index contributed by atoms with van der Waals surface area (Å²) in [5, 5.41) is 13.3. The molecule has 0 aliphatic heterocycles. The standard InChI is InChI=1S/C22H23NO8S/c1-4-22(2,21(24)25)29-17-11-9-16(10-12-17)28-14-19-13-20(23-30-19)15-5-7-18(8-6-15)31-32(3,26)27/h5-13H,4,14H2,1-3H3,(H,24,25). The first-order chi connectivity index (χ1) is 15.1. The van der Waals surface area contributed by atoms with E-state index >= 15 is 0 Å². The molecule has 0 saturated carbocycles. The highest BCUT2D eigenvalue weighted by atomic mass is 32.2. The second-order valence-corrected chi connectivity index (χ2v) is 8.82. The summed E-state index contributed by atoms with van der Waals surface area (Å²) in [6.07, 6.45) is 1.30. The number of carboxylic acid groups (broad SMARTS) is 1. The Morgan fingerprint density at radius 1 is 1.06 bits per heavy atom. The molecule has 3 aromatic rings. The smallest absolute Gasteiger partial charge is 0.347 e. The number of ether oxygens (including phenoxy) is 2. The molecule has 9 nitrogen and oxygen atoms in total. The third-order valence-electron chi connectivity index (χ3n) is 4.63. The summed E-state index contributed by atoms with van der Waals surface area (Å²) in [7, 11) is -3.59. The van der Waals surface area contributed by atoms with Gasteiger partial charge in [-0.05, 0) is 61.9 Å². The van der Waals surface area contributed by atoms with E-state index in [0.29, 0.717) is 29.4 Å². The van der Waals surface area contributed by atoms with Gasteiger partial charge in [-0.25, -0.2) is 4.79 Å². The van der Waals surface area contributed by atoms with E-state index < -0.39 is 21.7 Å². The molecule has 0 saturated heterocycles. The number of hydrogen-bond donors (Lipinski definition) is 1. The van der Waals surface area contributed by atoms with Crippen LogP contribution < -0.4 is 13.7 Å². The Morgan fingerprint density at radius 3 is 2.22 bits per heavy atom. The van der Waals surface area contributed by atoms with Crippen LogP contribution in [-0.4, -0.2) is 36.5 Å². The average molecular weight is 461 g/mol. The minimum Gasteiger partial charge on any atom is -0.486 e. The fourth-order valence-corrected chi connectivity index (χ4v) is 3.12. The summed E-state index contributed by atoms with van der Waals surface area (Å²) in [4.78, 5) is 11.4. The molecule has 1 aromatic heterocycles. The van der Waals surface area contributed by atoms with Gasteiger partial charge in [0.2, 0.25) is 5.60 Å². The van der Waals surface area contributed by atoms with Gasteiger partial charge >= 0.3 is 16.1 Å². The zero-order valence-corrected chi connectivity index (χ0v) is 18.6. The van der Waals surface area contributed by atoms with Gasteiger partial charge in [-0.15, -0.1) is 0 Å². The number of carboxylic acids is 1. The van der Waals surface area contributed by atoms with Gasteiger partial charge < -0.3 is 23.3 Å². The van der Waals surface area contributed by atoms with E-state index in [4.69, 9.17) is 18.2 Å². The van der Waals surface area contributed by atoms with Crippen LogP contribution in [0.3, 0.4) is 0 Å². The van der Waals surface area contributed by atoms with Crippen molar-refractivity contribution in [3.63, 3.8) is 0 Å². The van der Waals surface area contributed by atoms with Crippen molar-refractivity contribution in [2.45, 2.75) is 32.5 Å². The van der Waals surface area contributed by atoms with E-state index in [1.807, 2.05) is 0 Å². The third-order valence-corrected chi connectivity index (χ3v) is 5.13. The van der Waals surface area contributed by atoms with Gasteiger partial charge in [-0.1, -0.05) is 12.1 Å². The molecule has 0 radical (unpaired) electrons. The van der Waals surface area contributed by atoms with Crippen LogP contribution in [0.2, 0.25) is 0 Å². The number of rotatable bonds is 10. The molecule has 170 valence electrons. The first kappa shape index (κ1) is 23.1. The summed E-state index contributed by atoms with van der Waals surface area (Å²) in [5.41, 5.74) is -0.0150. The van der Waals surface area contributed by atoms with Gasteiger partial charge in [-0.2, -0.15) is 8.42 Å². The molecule has 1 N–H and O–H groups in total. The van der Waals surface area contributed by atoms with Gasteiger partial charge in [0.15, 0.2) is 5.76 Å². The Hall–Kier alpha value is -3.53. The summed E-state index contributed by atoms with van der Waals surface area (Å²) >= 11 is 0. The summed E-state index contributed by atoms with van der Waals surface area (Å²) < 4.78 is 43.7. The monoisotopic (exact) mass is 461 g/mol. The van der Waals surface area contributed by atoms with Crippen LogP contribution in [0.25, 0.3) is 11.3 Å². The molecule has 0 spiro atoms. The zero-order chi connectivity index (χ0) is 23.4. The predicted molar refractivity (Wildman–Crippen MR) is 115 cm³/mol. The van der Waals surface area contributed by atoms with Crippen molar-refractivity contribution >= 4 is 16.1 Å². The van der Waals surface area contributed by atoms with Crippen molar-refractivity contribution in [3.8, 4) is 28.5 Å². The molecule has 3 rings (SSSR count). The van der Waals surface area contributed by atoms with Crippen LogP contribution in [-0.2, 0) is 21.5 Å². The lowest BCUT2D eigenvalue weighted by atomic mass is 10.0. The van der Waals surface area contributed by atoms with Crippen LogP contribution >= 0.6 is 0 Å². The second-order valence-electron chi connectivity index (χ2n) is 7.24. The van der Waals surface area contributed by atoms with Crippen LogP contribution in [0.4, 0.5) is 0 Å². The molecule has 10 heteroatoms. The van der Waals surface area contributed by atoms with E-state index in [2.05, 4.69) is 5.16 Å². The second kappa shape index (κ2) is 9.31. The Morgan fingerprint density at radius 2 is 1.66 bits per heavy atom. The zero-order valence-electron chi connectivity index (χ0n) is 17.8. The molecule has 1 atom stereocenters. The first-order valence-electron chi connectivity index (χ1n) is 9.69. The first-order valence-corrected chi connectivity index (χ1v) is 11.5. The van der Waals surface area contributed by atoms with Gasteiger partial charge in [0.05, 0.1) is 6.26 Å². The topological polar surface area (TPSA) is 125 Å². The van der Waals surface area contributed by atoms with Crippen LogP contribution in [0.5, 0.6) is 17.2 Å². The number of aromatic nitrogens is 1. The lowest BCUT2D eigenvalue weighted by Crippen LogP contribution is -2.40. The molecule has 0 bridgehead atoms. The van der Waals surface area contributed by atoms with Crippen LogP contribution in [0.1, 0.15) is 26.0 Å². The quantitative estimate of drug-likeness (QED) is 0.448. The molecule has 1 heterocycles. The maximum absolute atomic E-state index is 11.4. The van der Waals surface area contributed by atoms with Crippen molar-refractivity contribution in [1.29, 1.82) is 0 Å². The van der Waals surface area contributed by atoms with Crippen molar-refractivity contribution in [2.24, 2.45) is 0 Å². The maximum Gasteiger partial charge on any atom is 0.347 e. The molecular formula is C22H23NO8S. The summed E-state index contributed by atoms with van der Waals surface area (Å²) in [5.74, 6) is 0.638. The van der Waals surface area contributed by atoms with Gasteiger partial charge in [0, 0.05) is 11.6 Å². The molecule has 0 amide bonds. The lowest BCUT2D eigenvalue weighted by Gasteiger charge is -2.24. The molecular weight excluding hydrogens is 438 g/mol. The van der Waals surface area contributed by atoms with Gasteiger partial charge in [0.25, 0.3) is 0 Å². The van der Waals surface area contributed by atoms with E-state index in [-0.39, 0.29) is 12.4 Å². The summed E-state index contributed by atoms with van der Waals surface area (Å²) in [6.45, 7) is 3.40. The maximum atomic E-state index is 11.4. The molecule has 0 aliphatic carbocycles. The fourth-order valence-electron chi connectivity index (χ4n) is 2.66. The largest absolute Gasteiger partial charge is 0.486 e. The highest BCUT2D eigenvalue weighted by Gasteiger charge is 2.33. The lowest BCUT2D eigenvalue weighted by molar-refractivity contribution is -0.154. The van der Waals surface area contributed by atoms with E-state index in [1.165, 1.54) is 19.1 Å². The van der Waals surface area contributed by atoms with Crippen LogP contribution in [0.15, 0.2) is 59.1 Å². The predicted octanol–water partition coefficient (Wildman–Crippen LogP) is 3.89. The molecule has 1 unspecified atom stereocenters. The van der Waals surface area contributed by atoms with E-state index in [1.54, 1.807) is 49.4 Å². The number of nitrogens with zero attached hydrogens (tertiary/aromatic N) is 1. The average Bonchev–Trinajstić information content (AvgIpc) is 3.21. The fraction of sp³-hybridized carbons (Fsp3) is 0.273. The molecule has 0 fully saturated rings. The SMILES string of the molecule is CCC(C)(Oc1ccc(OCc2cc(-c3ccc(OS(C)(=O)=O)cc3)no2)cc1)C(=O)O. The highest BCUT2D eigenvalue weighted by Crippen LogP contribution is 2.26. The normalized spacial score (nSPS) is 13.2. The van der Waals surface area contributed by atoms with Crippen molar-refractivity contribution in [2.75, 3.05) is 6.26 Å². The van der Waals surface area contributed by atoms with Crippen molar-refractivity contribution in [3.05, 3.63) is 60.4 Å². The molecule has 2 aromatic carbocycles. The Bertz CT molecular complexity index is 1170. The highest BCUT2D eigenvalue weighted by molar-refractivity contribution is 7.86. The van der Waals surface area contributed by atoms with Crippen LogP contribution in [0, 0.1) is 0 Å². The number of aliphatic carboxylic acids is 1. The Kier molecular flexibility index (Phi) is 6.73. The molecule has 0 aliphatic rings. The minimum absolute atomic E-state index is 0.129. The number of carbonyl (C=O) groups is 1. The molecule has 32 heavy (non-hydrogen) atoms. The van der Waals surface area contributed by atoms with Gasteiger partial charge in [0.1, 0.15) is 29.5 Å². The van der Waals surface area contributed by atoms with Gasteiger partial charge in [-0.3, -0.25) is 0 Å². The summed E-state index contributed by atoms with van der Waals surface area (Å²) in [6, 6.07) is 14.7. The number of benzene rings is 2. The van der Waals surface area contributed by atoms with Crippen molar-refractivity contribution in [1.82, 2.24) is 5.16 Å².